The maximum absolute atomic E-state index is 14.1. The van der Waals surface area contributed by atoms with Gasteiger partial charge in [-0.15, -0.1) is 0 Å². The summed E-state index contributed by atoms with van der Waals surface area (Å²) in [6.45, 7) is 5.21. The van der Waals surface area contributed by atoms with E-state index < -0.39 is 17.8 Å². The van der Waals surface area contributed by atoms with E-state index >= 15 is 0 Å². The summed E-state index contributed by atoms with van der Waals surface area (Å²) in [4.78, 5) is 32.2. The molecular weight excluding hydrogens is 431 g/mol. The van der Waals surface area contributed by atoms with E-state index in [2.05, 4.69) is 21.5 Å². The van der Waals surface area contributed by atoms with Gasteiger partial charge >= 0.3 is 11.9 Å². The Labute approximate surface area is 191 Å². The maximum Gasteiger partial charge on any atom is 0.330 e. The molecule has 174 valence electrons. The van der Waals surface area contributed by atoms with Crippen LogP contribution in [0.4, 0.5) is 4.39 Å². The molecular formula is C24H25FN2O6. The Bertz CT molecular complexity index is 989. The summed E-state index contributed by atoms with van der Waals surface area (Å²) in [7, 11) is 0. The number of benzene rings is 2. The third kappa shape index (κ3) is 10.3. The Morgan fingerprint density at radius 2 is 1.64 bits per heavy atom. The van der Waals surface area contributed by atoms with Crippen LogP contribution in [0.25, 0.3) is 0 Å². The Kier molecular flexibility index (Phi) is 11.0. The molecule has 0 radical (unpaired) electrons. The molecule has 9 heteroatoms. The van der Waals surface area contributed by atoms with E-state index in [0.717, 1.165) is 17.2 Å². The molecule has 2 aromatic carbocycles. The third-order valence-electron chi connectivity index (χ3n) is 4.03. The number of esters is 2. The molecule has 0 atom stereocenters. The second-order valence-electron chi connectivity index (χ2n) is 6.69. The highest BCUT2D eigenvalue weighted by molar-refractivity contribution is 5.83. The van der Waals surface area contributed by atoms with Gasteiger partial charge in [0.15, 0.2) is 5.82 Å². The molecule has 8 nitrogen and oxygen atoms in total. The van der Waals surface area contributed by atoms with Gasteiger partial charge in [-0.3, -0.25) is 4.79 Å². The van der Waals surface area contributed by atoms with Crippen molar-refractivity contribution < 1.29 is 33.2 Å². The quantitative estimate of drug-likeness (QED) is 0.113. The molecule has 0 saturated carbocycles. The average molecular weight is 456 g/mol. The Morgan fingerprint density at radius 3 is 2.33 bits per heavy atom. The molecule has 0 spiro atoms. The number of carbonyl (C=O) groups is 2. The molecule has 2 aromatic rings. The van der Waals surface area contributed by atoms with Crippen LogP contribution >= 0.6 is 0 Å². The largest absolute Gasteiger partial charge is 0.462 e. The van der Waals surface area contributed by atoms with E-state index in [1.54, 1.807) is 12.3 Å². The van der Waals surface area contributed by atoms with E-state index in [4.69, 9.17) is 14.5 Å². The highest BCUT2D eigenvalue weighted by Gasteiger charge is 2.07. The number of rotatable bonds is 13. The smallest absolute Gasteiger partial charge is 0.330 e. The van der Waals surface area contributed by atoms with E-state index in [9.17, 15) is 14.0 Å². The van der Waals surface area contributed by atoms with Crippen molar-refractivity contribution in [3.05, 3.63) is 77.6 Å². The molecule has 0 unspecified atom stereocenters. The first-order valence-electron chi connectivity index (χ1n) is 10.1. The highest BCUT2D eigenvalue weighted by Crippen LogP contribution is 2.18. The number of carbonyl (C=O) groups excluding carboxylic acids is 2. The van der Waals surface area contributed by atoms with E-state index in [1.807, 2.05) is 31.2 Å². The van der Waals surface area contributed by atoms with Crippen LogP contribution in [0.3, 0.4) is 0 Å². The lowest BCUT2D eigenvalue weighted by atomic mass is 10.2. The zero-order valence-corrected chi connectivity index (χ0v) is 18.2. The number of hydrogen-bond acceptors (Lipinski definition) is 8. The van der Waals surface area contributed by atoms with Crippen LogP contribution in [0.5, 0.6) is 5.75 Å². The molecule has 0 aliphatic heterocycles. The van der Waals surface area contributed by atoms with E-state index in [-0.39, 0.29) is 32.0 Å². The summed E-state index contributed by atoms with van der Waals surface area (Å²) in [5.74, 6) is -1.79. The Hall–Kier alpha value is -3.85. The summed E-state index contributed by atoms with van der Waals surface area (Å²) < 4.78 is 23.7. The molecule has 0 heterocycles. The number of hydrogen-bond donors (Lipinski definition) is 0. The van der Waals surface area contributed by atoms with Crippen molar-refractivity contribution in [2.75, 3.05) is 19.8 Å². The predicted molar refractivity (Wildman–Crippen MR) is 121 cm³/mol. The van der Waals surface area contributed by atoms with Crippen molar-refractivity contribution in [3.8, 4) is 5.75 Å². The maximum atomic E-state index is 14.1. The van der Waals surface area contributed by atoms with Gasteiger partial charge in [0, 0.05) is 12.5 Å². The van der Waals surface area contributed by atoms with Crippen LogP contribution in [0, 0.1) is 12.7 Å². The van der Waals surface area contributed by atoms with Gasteiger partial charge in [0.1, 0.15) is 13.2 Å². The monoisotopic (exact) mass is 456 g/mol. The van der Waals surface area contributed by atoms with Crippen LogP contribution < -0.4 is 4.89 Å². The van der Waals surface area contributed by atoms with Crippen LogP contribution in [0.2, 0.25) is 0 Å². The molecule has 0 N–H and O–H groups in total. The van der Waals surface area contributed by atoms with Crippen LogP contribution in [0.1, 0.15) is 29.5 Å². The lowest BCUT2D eigenvalue weighted by Gasteiger charge is -2.07. The fourth-order valence-corrected chi connectivity index (χ4v) is 2.33. The topological polar surface area (TPSA) is 95.8 Å². The van der Waals surface area contributed by atoms with Crippen molar-refractivity contribution in [2.45, 2.75) is 19.8 Å². The molecule has 0 aromatic heterocycles. The fraction of sp³-hybridized carbons (Fsp3) is 0.250. The van der Waals surface area contributed by atoms with Crippen molar-refractivity contribution in [1.29, 1.82) is 0 Å². The number of nitrogens with zero attached hydrogens (tertiary/aromatic N) is 2. The van der Waals surface area contributed by atoms with E-state index in [0.29, 0.717) is 12.0 Å². The SMILES string of the molecule is C=CC(=O)OCCOC(=O)CCCOOc1ccc(C=NN=Cc2ccc(C)cc2)cc1F. The number of ether oxygens (including phenoxy) is 2. The van der Waals surface area contributed by atoms with Crippen molar-refractivity contribution in [1.82, 2.24) is 0 Å². The first-order chi connectivity index (χ1) is 16.0. The zero-order valence-electron chi connectivity index (χ0n) is 18.2. The van der Waals surface area contributed by atoms with Gasteiger partial charge in [0.05, 0.1) is 19.0 Å². The lowest BCUT2D eigenvalue weighted by Crippen LogP contribution is -2.13. The van der Waals surface area contributed by atoms with Gasteiger partial charge in [0.2, 0.25) is 5.75 Å². The zero-order chi connectivity index (χ0) is 23.9. The second-order valence-corrected chi connectivity index (χ2v) is 6.69. The van der Waals surface area contributed by atoms with Gasteiger partial charge in [0.25, 0.3) is 0 Å². The van der Waals surface area contributed by atoms with Crippen LogP contribution in [0.15, 0.2) is 65.3 Å². The molecule has 0 saturated heterocycles. The van der Waals surface area contributed by atoms with Gasteiger partial charge in [-0.2, -0.15) is 15.1 Å². The van der Waals surface area contributed by atoms with Gasteiger partial charge < -0.3 is 14.4 Å². The molecule has 0 amide bonds. The minimum Gasteiger partial charge on any atom is -0.462 e. The number of halogens is 1. The summed E-state index contributed by atoms with van der Waals surface area (Å²) in [6, 6.07) is 12.0. The van der Waals surface area contributed by atoms with Crippen molar-refractivity contribution in [3.63, 3.8) is 0 Å². The Balaban J connectivity index is 1.65. The highest BCUT2D eigenvalue weighted by atomic mass is 19.1. The van der Waals surface area contributed by atoms with Crippen molar-refractivity contribution in [2.24, 2.45) is 10.2 Å². The van der Waals surface area contributed by atoms with Crippen LogP contribution in [-0.2, 0) is 24.0 Å². The van der Waals surface area contributed by atoms with Gasteiger partial charge in [-0.1, -0.05) is 36.4 Å². The first-order valence-corrected chi connectivity index (χ1v) is 10.1. The molecule has 0 aliphatic rings. The molecule has 0 bridgehead atoms. The third-order valence-corrected chi connectivity index (χ3v) is 4.03. The summed E-state index contributed by atoms with van der Waals surface area (Å²) >= 11 is 0. The summed E-state index contributed by atoms with van der Waals surface area (Å²) in [6.07, 6.45) is 4.41. The molecule has 0 fully saturated rings. The van der Waals surface area contributed by atoms with Crippen LogP contribution in [-0.4, -0.2) is 44.2 Å². The second kappa shape index (κ2) is 14.3. The summed E-state index contributed by atoms with van der Waals surface area (Å²) in [5.41, 5.74) is 2.56. The molecule has 33 heavy (non-hydrogen) atoms. The average Bonchev–Trinajstić information content (AvgIpc) is 2.81. The predicted octanol–water partition coefficient (Wildman–Crippen LogP) is 3.95. The van der Waals surface area contributed by atoms with Gasteiger partial charge in [-0.05, 0) is 42.7 Å². The molecule has 0 aliphatic carbocycles. The normalized spacial score (nSPS) is 11.0. The standard InChI is InChI=1S/C24H25FN2O6/c1-3-23(28)30-13-14-31-24(29)5-4-12-32-33-22-11-10-20(15-21(22)25)17-27-26-16-19-8-6-18(2)7-9-19/h3,6-11,15-17H,1,4-5,12-14H2,2H3. The summed E-state index contributed by atoms with van der Waals surface area (Å²) in [5, 5.41) is 7.85. The minimum absolute atomic E-state index is 0.0463. The first kappa shape index (κ1) is 25.4. The number of aryl methyl sites for hydroxylation is 1. The Morgan fingerprint density at radius 1 is 0.970 bits per heavy atom. The van der Waals surface area contributed by atoms with Crippen molar-refractivity contribution >= 4 is 24.4 Å². The fourth-order valence-electron chi connectivity index (χ4n) is 2.33. The van der Waals surface area contributed by atoms with Gasteiger partial charge in [-0.25, -0.2) is 9.18 Å². The van der Waals surface area contributed by atoms with E-state index in [1.165, 1.54) is 18.3 Å². The molecule has 2 rings (SSSR count). The lowest BCUT2D eigenvalue weighted by molar-refractivity contribution is -0.209. The minimum atomic E-state index is -0.630.